The first-order chi connectivity index (χ1) is 33.6. The van der Waals surface area contributed by atoms with E-state index in [1.165, 1.54) is 0 Å². The fourth-order valence-electron chi connectivity index (χ4n) is 9.58. The molecule has 0 aliphatic heterocycles. The summed E-state index contributed by atoms with van der Waals surface area (Å²) in [5.41, 5.74) is 13.3. The van der Waals surface area contributed by atoms with Crippen LogP contribution in [0.1, 0.15) is 5.56 Å². The van der Waals surface area contributed by atoms with Crippen molar-refractivity contribution in [1.82, 2.24) is 24.1 Å². The van der Waals surface area contributed by atoms with Crippen LogP contribution in [-0.2, 0) is 0 Å². The molecule has 8 nitrogen and oxygen atoms in total. The third kappa shape index (κ3) is 6.55. The van der Waals surface area contributed by atoms with E-state index < -0.39 is 0 Å². The van der Waals surface area contributed by atoms with Gasteiger partial charge in [0.15, 0.2) is 28.8 Å². The largest absolute Gasteiger partial charge is 0.309 e. The summed E-state index contributed by atoms with van der Waals surface area (Å²) in [6, 6.07) is 71.1. The SMILES string of the molecule is [C-]#[N+]c1ccc2c(c1)c1ccccc1n2-c1ccc(-c2cccc(C#N)c2)cc1-c1cccc(-n2c3ccccc3c3cc([N+]#[C-])ccc32)c1-c1nc(-c2ccccc2)nc(-c2ccccc2)n1. The molecule has 0 aliphatic carbocycles. The summed E-state index contributed by atoms with van der Waals surface area (Å²) in [5, 5.41) is 14.0. The summed E-state index contributed by atoms with van der Waals surface area (Å²) < 4.78 is 4.54. The summed E-state index contributed by atoms with van der Waals surface area (Å²) in [4.78, 5) is 23.6. The van der Waals surface area contributed by atoms with E-state index in [-0.39, 0.29) is 0 Å². The molecule has 3 aromatic heterocycles. The van der Waals surface area contributed by atoms with Crippen LogP contribution >= 0.6 is 0 Å². The first kappa shape index (κ1) is 39.6. The van der Waals surface area contributed by atoms with E-state index in [4.69, 9.17) is 28.1 Å². The van der Waals surface area contributed by atoms with Crippen molar-refractivity contribution in [2.75, 3.05) is 0 Å². The van der Waals surface area contributed by atoms with Crippen LogP contribution in [-0.4, -0.2) is 24.1 Å². The predicted molar refractivity (Wildman–Crippen MR) is 273 cm³/mol. The lowest BCUT2D eigenvalue weighted by atomic mass is 9.92. The molecule has 314 valence electrons. The molecule has 0 bridgehead atoms. The van der Waals surface area contributed by atoms with Crippen LogP contribution in [0.4, 0.5) is 11.4 Å². The number of fused-ring (bicyclic) bond motifs is 6. The Labute approximate surface area is 391 Å². The molecule has 9 aromatic carbocycles. The molecule has 3 heterocycles. The highest BCUT2D eigenvalue weighted by Crippen LogP contribution is 2.46. The van der Waals surface area contributed by atoms with Gasteiger partial charge in [0.05, 0.1) is 63.8 Å². The summed E-state index contributed by atoms with van der Waals surface area (Å²) in [6.45, 7) is 15.8. The van der Waals surface area contributed by atoms with E-state index in [9.17, 15) is 5.26 Å². The second kappa shape index (κ2) is 16.2. The van der Waals surface area contributed by atoms with Gasteiger partial charge in [-0.25, -0.2) is 24.6 Å². The summed E-state index contributed by atoms with van der Waals surface area (Å²) in [5.74, 6) is 1.53. The normalized spacial score (nSPS) is 11.2. The van der Waals surface area contributed by atoms with Gasteiger partial charge >= 0.3 is 0 Å². The van der Waals surface area contributed by atoms with Crippen LogP contribution in [0.3, 0.4) is 0 Å². The Morgan fingerprint density at radius 1 is 0.382 bits per heavy atom. The molecular formula is C60H34N8. The van der Waals surface area contributed by atoms with Crippen molar-refractivity contribution in [3.63, 3.8) is 0 Å². The van der Waals surface area contributed by atoms with Crippen molar-refractivity contribution in [2.24, 2.45) is 0 Å². The first-order valence-electron chi connectivity index (χ1n) is 22.1. The number of hydrogen-bond donors (Lipinski definition) is 0. The van der Waals surface area contributed by atoms with Gasteiger partial charge in [-0.05, 0) is 94.2 Å². The average Bonchev–Trinajstić information content (AvgIpc) is 3.92. The van der Waals surface area contributed by atoms with Crippen molar-refractivity contribution < 1.29 is 0 Å². The third-order valence-electron chi connectivity index (χ3n) is 12.6. The van der Waals surface area contributed by atoms with E-state index in [2.05, 4.69) is 85.6 Å². The maximum absolute atomic E-state index is 10.0. The van der Waals surface area contributed by atoms with Crippen LogP contribution in [0.2, 0.25) is 0 Å². The zero-order valence-electron chi connectivity index (χ0n) is 36.2. The quantitative estimate of drug-likeness (QED) is 0.149. The van der Waals surface area contributed by atoms with Gasteiger partial charge in [-0.1, -0.05) is 140 Å². The lowest BCUT2D eigenvalue weighted by Crippen LogP contribution is -2.06. The number of nitrogens with zero attached hydrogens (tertiary/aromatic N) is 8. The highest BCUT2D eigenvalue weighted by Gasteiger charge is 2.26. The van der Waals surface area contributed by atoms with Gasteiger partial charge in [0.1, 0.15) is 0 Å². The molecule has 0 spiro atoms. The molecule has 0 unspecified atom stereocenters. The first-order valence-corrected chi connectivity index (χ1v) is 22.1. The highest BCUT2D eigenvalue weighted by atomic mass is 15.1. The molecular weight excluding hydrogens is 833 g/mol. The second-order valence-corrected chi connectivity index (χ2v) is 16.5. The Balaban J connectivity index is 1.25. The van der Waals surface area contributed by atoms with E-state index in [0.29, 0.717) is 34.4 Å². The molecule has 12 rings (SSSR count). The van der Waals surface area contributed by atoms with Crippen LogP contribution in [0.5, 0.6) is 0 Å². The summed E-state index contributed by atoms with van der Waals surface area (Å²) in [6.07, 6.45) is 0. The van der Waals surface area contributed by atoms with E-state index in [1.807, 2.05) is 146 Å². The molecule has 68 heavy (non-hydrogen) atoms. The number of hydrogen-bond acceptors (Lipinski definition) is 4. The van der Waals surface area contributed by atoms with Gasteiger partial charge in [-0.2, -0.15) is 5.26 Å². The minimum Gasteiger partial charge on any atom is -0.309 e. The molecule has 8 heteroatoms. The number of aromatic nitrogens is 5. The second-order valence-electron chi connectivity index (χ2n) is 16.5. The van der Waals surface area contributed by atoms with Crippen molar-refractivity contribution in [3.05, 3.63) is 235 Å². The number of nitriles is 1. The van der Waals surface area contributed by atoms with Gasteiger partial charge in [-0.15, -0.1) is 0 Å². The van der Waals surface area contributed by atoms with Gasteiger partial charge in [-0.3, -0.25) is 0 Å². The van der Waals surface area contributed by atoms with Crippen LogP contribution in [0, 0.1) is 24.5 Å². The standard InChI is InChI=1S/C60H34N8/c1-62-43-28-31-54-49(35-43)45-21-9-11-24-51(45)67(54)53-30-27-42(41-20-13-15-38(33-41)37-61)34-48(53)47-23-14-26-56(68-52-25-12-10-22-46(52)50-36-44(63-2)29-32-55(50)68)57(47)60-65-58(39-16-5-3-6-17-39)64-59(66-60)40-18-7-4-8-19-40/h3-36H. The van der Waals surface area contributed by atoms with E-state index in [1.54, 1.807) is 0 Å². The lowest BCUT2D eigenvalue weighted by molar-refractivity contribution is 1.06. The predicted octanol–water partition coefficient (Wildman–Crippen LogP) is 15.4. The zero-order valence-corrected chi connectivity index (χ0v) is 36.2. The molecule has 0 radical (unpaired) electrons. The fraction of sp³-hybridized carbons (Fsp3) is 0. The Bertz CT molecular complexity index is 4070. The minimum atomic E-state index is 0.471. The molecule has 0 N–H and O–H groups in total. The van der Waals surface area contributed by atoms with Crippen molar-refractivity contribution >= 4 is 55.0 Å². The molecule has 0 saturated carbocycles. The lowest BCUT2D eigenvalue weighted by Gasteiger charge is -2.21. The van der Waals surface area contributed by atoms with Crippen molar-refractivity contribution in [1.29, 1.82) is 5.26 Å². The van der Waals surface area contributed by atoms with E-state index in [0.717, 1.165) is 93.9 Å². The average molecular weight is 867 g/mol. The maximum Gasteiger partial charge on any atom is 0.188 e. The molecule has 0 fully saturated rings. The number of para-hydroxylation sites is 2. The van der Waals surface area contributed by atoms with Crippen molar-refractivity contribution in [3.8, 4) is 73.9 Å². The topological polar surface area (TPSA) is 81.0 Å². The van der Waals surface area contributed by atoms with Crippen LogP contribution in [0.15, 0.2) is 206 Å². The van der Waals surface area contributed by atoms with Gasteiger partial charge in [0, 0.05) is 27.5 Å². The smallest absolute Gasteiger partial charge is 0.188 e. The molecule has 0 aliphatic rings. The third-order valence-corrected chi connectivity index (χ3v) is 12.6. The Kier molecular flexibility index (Phi) is 9.47. The van der Waals surface area contributed by atoms with Gasteiger partial charge < -0.3 is 9.13 Å². The molecule has 0 saturated heterocycles. The highest BCUT2D eigenvalue weighted by molar-refractivity contribution is 6.13. The molecule has 12 aromatic rings. The Morgan fingerprint density at radius 3 is 1.47 bits per heavy atom. The zero-order chi connectivity index (χ0) is 45.7. The Hall–Kier alpha value is -9.94. The Morgan fingerprint density at radius 2 is 0.882 bits per heavy atom. The summed E-state index contributed by atoms with van der Waals surface area (Å²) in [7, 11) is 0. The van der Waals surface area contributed by atoms with E-state index >= 15 is 0 Å². The van der Waals surface area contributed by atoms with Crippen molar-refractivity contribution in [2.45, 2.75) is 0 Å². The maximum atomic E-state index is 10.0. The monoisotopic (exact) mass is 866 g/mol. The summed E-state index contributed by atoms with van der Waals surface area (Å²) >= 11 is 0. The number of benzene rings is 9. The minimum absolute atomic E-state index is 0.471. The van der Waals surface area contributed by atoms with Crippen LogP contribution in [0.25, 0.3) is 121 Å². The molecule has 0 atom stereocenters. The number of rotatable bonds is 7. The van der Waals surface area contributed by atoms with Gasteiger partial charge in [0.25, 0.3) is 0 Å². The van der Waals surface area contributed by atoms with Gasteiger partial charge in [0.2, 0.25) is 0 Å². The van der Waals surface area contributed by atoms with Crippen LogP contribution < -0.4 is 0 Å². The fourth-order valence-corrected chi connectivity index (χ4v) is 9.58. The molecule has 0 amide bonds.